The highest BCUT2D eigenvalue weighted by Crippen LogP contribution is 2.25. The van der Waals surface area contributed by atoms with Crippen LogP contribution >= 0.6 is 0 Å². The Bertz CT molecular complexity index is 539. The van der Waals surface area contributed by atoms with E-state index in [0.29, 0.717) is 5.69 Å². The van der Waals surface area contributed by atoms with E-state index in [1.807, 2.05) is 0 Å². The summed E-state index contributed by atoms with van der Waals surface area (Å²) in [5.41, 5.74) is 1.14. The van der Waals surface area contributed by atoms with E-state index in [9.17, 15) is 13.2 Å². The third kappa shape index (κ3) is 2.81. The number of carboxylic acid groups (broad SMARTS) is 1. The van der Waals surface area contributed by atoms with Crippen molar-refractivity contribution >= 4 is 21.7 Å². The Morgan fingerprint density at radius 3 is 2.39 bits per heavy atom. The Morgan fingerprint density at radius 1 is 1.39 bits per heavy atom. The van der Waals surface area contributed by atoms with Crippen LogP contribution in [-0.2, 0) is 14.8 Å². The fourth-order valence-corrected chi connectivity index (χ4v) is 3.00. The minimum absolute atomic E-state index is 0.140. The summed E-state index contributed by atoms with van der Waals surface area (Å²) >= 11 is 0. The maximum Gasteiger partial charge on any atom is 0.327 e. The highest BCUT2D eigenvalue weighted by Gasteiger charge is 2.31. The van der Waals surface area contributed by atoms with Crippen molar-refractivity contribution < 1.29 is 18.3 Å². The van der Waals surface area contributed by atoms with Gasteiger partial charge in [-0.15, -0.1) is 0 Å². The van der Waals surface area contributed by atoms with E-state index in [1.165, 1.54) is 13.8 Å². The Kier molecular flexibility index (Phi) is 4.34. The molecule has 0 aliphatic heterocycles. The lowest BCUT2D eigenvalue weighted by Crippen LogP contribution is -2.44. The molecule has 1 rings (SSSR count). The van der Waals surface area contributed by atoms with Gasteiger partial charge in [-0.2, -0.15) is 0 Å². The van der Waals surface area contributed by atoms with Crippen LogP contribution < -0.4 is 4.31 Å². The van der Waals surface area contributed by atoms with Crippen molar-refractivity contribution in [3.63, 3.8) is 0 Å². The summed E-state index contributed by atoms with van der Waals surface area (Å²) in [6.07, 6.45) is 0. The zero-order valence-corrected chi connectivity index (χ0v) is 11.4. The molecule has 6 heteroatoms. The van der Waals surface area contributed by atoms with Gasteiger partial charge in [0.2, 0.25) is 10.0 Å². The molecule has 0 saturated carbocycles. The largest absolute Gasteiger partial charge is 0.480 e. The maximum absolute atomic E-state index is 12.1. The second kappa shape index (κ2) is 5.39. The molecule has 18 heavy (non-hydrogen) atoms. The highest BCUT2D eigenvalue weighted by atomic mass is 32.2. The highest BCUT2D eigenvalue weighted by molar-refractivity contribution is 7.92. The SMILES string of the molecule is CCS(=O)(=O)N(c1ccccc1C)C(C)C(=O)O. The number of benzene rings is 1. The van der Waals surface area contributed by atoms with Gasteiger partial charge in [-0.05, 0) is 32.4 Å². The lowest BCUT2D eigenvalue weighted by atomic mass is 10.2. The van der Waals surface area contributed by atoms with Crippen LogP contribution in [0.4, 0.5) is 5.69 Å². The number of hydrogen-bond donors (Lipinski definition) is 1. The fourth-order valence-electron chi connectivity index (χ4n) is 1.65. The number of sulfonamides is 1. The van der Waals surface area contributed by atoms with Gasteiger partial charge < -0.3 is 5.11 Å². The van der Waals surface area contributed by atoms with Gasteiger partial charge in [-0.1, -0.05) is 18.2 Å². The summed E-state index contributed by atoms with van der Waals surface area (Å²) in [5, 5.41) is 9.06. The number of anilines is 1. The Balaban J connectivity index is 3.40. The van der Waals surface area contributed by atoms with Gasteiger partial charge in [0, 0.05) is 0 Å². The van der Waals surface area contributed by atoms with Crippen LogP contribution in [0.1, 0.15) is 19.4 Å². The minimum atomic E-state index is -3.63. The number of carbonyl (C=O) groups is 1. The van der Waals surface area contributed by atoms with E-state index >= 15 is 0 Å². The van der Waals surface area contributed by atoms with Crippen LogP contribution in [0.2, 0.25) is 0 Å². The molecule has 0 aliphatic carbocycles. The number of aliphatic carboxylic acids is 1. The quantitative estimate of drug-likeness (QED) is 0.883. The summed E-state index contributed by atoms with van der Waals surface area (Å²) in [4.78, 5) is 11.1. The van der Waals surface area contributed by atoms with E-state index in [0.717, 1.165) is 9.87 Å². The van der Waals surface area contributed by atoms with E-state index in [-0.39, 0.29) is 5.75 Å². The number of aryl methyl sites for hydroxylation is 1. The standard InChI is InChI=1S/C12H17NO4S/c1-4-18(16,17)13(10(3)12(14)15)11-8-6-5-7-9(11)2/h5-8,10H,4H2,1-3H3,(H,14,15). The molecule has 0 amide bonds. The number of nitrogens with zero attached hydrogens (tertiary/aromatic N) is 1. The van der Waals surface area contributed by atoms with Crippen molar-refractivity contribution in [2.24, 2.45) is 0 Å². The predicted molar refractivity (Wildman–Crippen MR) is 70.2 cm³/mol. The molecule has 0 radical (unpaired) electrons. The van der Waals surface area contributed by atoms with Crippen molar-refractivity contribution in [2.75, 3.05) is 10.1 Å². The molecular weight excluding hydrogens is 254 g/mol. The molecule has 0 bridgehead atoms. The molecule has 100 valence electrons. The molecule has 0 fully saturated rings. The molecule has 0 saturated heterocycles. The fraction of sp³-hybridized carbons (Fsp3) is 0.417. The van der Waals surface area contributed by atoms with Crippen molar-refractivity contribution in [1.29, 1.82) is 0 Å². The molecular formula is C12H17NO4S. The van der Waals surface area contributed by atoms with Crippen LogP contribution in [0.15, 0.2) is 24.3 Å². The van der Waals surface area contributed by atoms with Crippen LogP contribution in [0.5, 0.6) is 0 Å². The predicted octanol–water partition coefficient (Wildman–Crippen LogP) is 1.62. The zero-order chi connectivity index (χ0) is 13.9. The average Bonchev–Trinajstić information content (AvgIpc) is 2.31. The first-order valence-corrected chi connectivity index (χ1v) is 7.22. The second-order valence-corrected chi connectivity index (χ2v) is 6.13. The molecule has 0 aliphatic rings. The first kappa shape index (κ1) is 14.5. The monoisotopic (exact) mass is 271 g/mol. The number of para-hydroxylation sites is 1. The van der Waals surface area contributed by atoms with Gasteiger partial charge in [-0.3, -0.25) is 4.31 Å². The molecule has 1 atom stereocenters. The topological polar surface area (TPSA) is 74.7 Å². The Labute approximate surface area is 107 Å². The number of rotatable bonds is 5. The van der Waals surface area contributed by atoms with Gasteiger partial charge in [0.05, 0.1) is 11.4 Å². The van der Waals surface area contributed by atoms with E-state index in [1.54, 1.807) is 31.2 Å². The average molecular weight is 271 g/mol. The summed E-state index contributed by atoms with van der Waals surface area (Å²) in [5.74, 6) is -1.31. The third-order valence-electron chi connectivity index (χ3n) is 2.73. The summed E-state index contributed by atoms with van der Waals surface area (Å²) in [7, 11) is -3.63. The minimum Gasteiger partial charge on any atom is -0.480 e. The van der Waals surface area contributed by atoms with Crippen LogP contribution in [-0.4, -0.2) is 31.3 Å². The summed E-state index contributed by atoms with van der Waals surface area (Å²) < 4.78 is 25.1. The smallest absolute Gasteiger partial charge is 0.327 e. The molecule has 0 spiro atoms. The molecule has 0 aromatic heterocycles. The molecule has 1 unspecified atom stereocenters. The lowest BCUT2D eigenvalue weighted by molar-refractivity contribution is -0.137. The van der Waals surface area contributed by atoms with Crippen molar-refractivity contribution in [3.05, 3.63) is 29.8 Å². The second-order valence-electron chi connectivity index (χ2n) is 4.00. The maximum atomic E-state index is 12.1. The molecule has 0 heterocycles. The third-order valence-corrected chi connectivity index (χ3v) is 4.57. The van der Waals surface area contributed by atoms with Gasteiger partial charge in [0.15, 0.2) is 0 Å². The van der Waals surface area contributed by atoms with E-state index < -0.39 is 22.0 Å². The van der Waals surface area contributed by atoms with E-state index in [2.05, 4.69) is 0 Å². The molecule has 1 aromatic carbocycles. The van der Waals surface area contributed by atoms with Crippen LogP contribution in [0.25, 0.3) is 0 Å². The van der Waals surface area contributed by atoms with Gasteiger partial charge in [0.25, 0.3) is 0 Å². The summed E-state index contributed by atoms with van der Waals surface area (Å²) in [6.45, 7) is 4.61. The van der Waals surface area contributed by atoms with Gasteiger partial charge in [0.1, 0.15) is 6.04 Å². The van der Waals surface area contributed by atoms with Crippen LogP contribution in [0, 0.1) is 6.92 Å². The molecule has 5 nitrogen and oxygen atoms in total. The van der Waals surface area contributed by atoms with Crippen LogP contribution in [0.3, 0.4) is 0 Å². The van der Waals surface area contributed by atoms with Crippen molar-refractivity contribution in [1.82, 2.24) is 0 Å². The Morgan fingerprint density at radius 2 is 1.94 bits per heavy atom. The zero-order valence-electron chi connectivity index (χ0n) is 10.6. The first-order valence-electron chi connectivity index (χ1n) is 5.61. The van der Waals surface area contributed by atoms with Crippen molar-refractivity contribution in [3.8, 4) is 0 Å². The van der Waals surface area contributed by atoms with Gasteiger partial charge in [-0.25, -0.2) is 13.2 Å². The number of hydrogen-bond acceptors (Lipinski definition) is 3. The van der Waals surface area contributed by atoms with E-state index in [4.69, 9.17) is 5.11 Å². The first-order chi connectivity index (χ1) is 8.31. The molecule has 1 N–H and O–H groups in total. The lowest BCUT2D eigenvalue weighted by Gasteiger charge is -2.28. The normalized spacial score (nSPS) is 13.1. The summed E-state index contributed by atoms with van der Waals surface area (Å²) in [6, 6.07) is 5.70. The van der Waals surface area contributed by atoms with Crippen molar-refractivity contribution in [2.45, 2.75) is 26.8 Å². The Hall–Kier alpha value is -1.56. The van der Waals surface area contributed by atoms with Gasteiger partial charge >= 0.3 is 5.97 Å². The number of carboxylic acids is 1. The molecule has 1 aromatic rings.